The molecule has 3 heterocycles. The fourth-order valence-corrected chi connectivity index (χ4v) is 5.94. The molecule has 0 spiro atoms. The number of ether oxygens (including phenoxy) is 1. The van der Waals surface area contributed by atoms with Crippen LogP contribution in [0.1, 0.15) is 22.7 Å². The summed E-state index contributed by atoms with van der Waals surface area (Å²) >= 11 is 0. The lowest BCUT2D eigenvalue weighted by molar-refractivity contribution is 0.160. The number of methoxy groups -OCH3 is 1. The number of anilines is 1. The van der Waals surface area contributed by atoms with Crippen molar-refractivity contribution in [1.29, 1.82) is 0 Å². The number of likely N-dealkylation sites (tertiary alicyclic amines) is 1. The molecule has 4 rings (SSSR count). The predicted molar refractivity (Wildman–Crippen MR) is 103 cm³/mol. The SMILES string of the molecule is COCCN1C[C@@H]2c3nc(NCc4ccccc4)ncc3CS(=O)(=O)[C@@H]2C1. The average molecular weight is 388 g/mol. The number of rotatable bonds is 6. The third kappa shape index (κ3) is 3.83. The zero-order valence-electron chi connectivity index (χ0n) is 15.3. The molecule has 0 aliphatic carbocycles. The summed E-state index contributed by atoms with van der Waals surface area (Å²) in [6.07, 6.45) is 1.67. The quantitative estimate of drug-likeness (QED) is 0.801. The molecule has 0 unspecified atom stereocenters. The van der Waals surface area contributed by atoms with Gasteiger partial charge in [0.25, 0.3) is 0 Å². The summed E-state index contributed by atoms with van der Waals surface area (Å²) in [4.78, 5) is 11.2. The molecular weight excluding hydrogens is 364 g/mol. The molecular formula is C19H24N4O3S. The lowest BCUT2D eigenvalue weighted by atomic mass is 10.00. The normalized spacial score (nSPS) is 23.6. The molecule has 1 N–H and O–H groups in total. The smallest absolute Gasteiger partial charge is 0.223 e. The third-order valence-corrected chi connectivity index (χ3v) is 7.43. The molecule has 1 aromatic heterocycles. The zero-order chi connectivity index (χ0) is 18.9. The summed E-state index contributed by atoms with van der Waals surface area (Å²) in [6.45, 7) is 3.20. The van der Waals surface area contributed by atoms with Crippen molar-refractivity contribution in [1.82, 2.24) is 14.9 Å². The van der Waals surface area contributed by atoms with Gasteiger partial charge in [-0.05, 0) is 5.56 Å². The van der Waals surface area contributed by atoms with Gasteiger partial charge in [0, 0.05) is 51.0 Å². The number of sulfone groups is 1. The standard InChI is InChI=1S/C19H24N4O3S/c1-26-8-7-23-11-16-17(12-23)27(24,25)13-15-10-21-19(22-18(15)16)20-9-14-5-3-2-4-6-14/h2-6,10,16-17H,7-9,11-13H2,1H3,(H,20,21,22)/t16-,17+/m0/s1. The van der Waals surface area contributed by atoms with Gasteiger partial charge < -0.3 is 10.1 Å². The van der Waals surface area contributed by atoms with Gasteiger partial charge in [0.05, 0.1) is 23.3 Å². The van der Waals surface area contributed by atoms with E-state index in [0.717, 1.165) is 23.4 Å². The predicted octanol–water partition coefficient (Wildman–Crippen LogP) is 1.43. The van der Waals surface area contributed by atoms with Crippen LogP contribution in [0.25, 0.3) is 0 Å². The second-order valence-electron chi connectivity index (χ2n) is 7.15. The first-order chi connectivity index (χ1) is 13.1. The van der Waals surface area contributed by atoms with Crippen LogP contribution >= 0.6 is 0 Å². The molecule has 0 saturated carbocycles. The lowest BCUT2D eigenvalue weighted by Crippen LogP contribution is -2.35. The molecule has 2 aromatic rings. The number of hydrogen-bond donors (Lipinski definition) is 1. The fourth-order valence-electron chi connectivity index (χ4n) is 3.92. The van der Waals surface area contributed by atoms with Gasteiger partial charge in [0.15, 0.2) is 9.84 Å². The molecule has 1 saturated heterocycles. The van der Waals surface area contributed by atoms with E-state index in [-0.39, 0.29) is 11.7 Å². The molecule has 7 nitrogen and oxygen atoms in total. The van der Waals surface area contributed by atoms with E-state index >= 15 is 0 Å². The van der Waals surface area contributed by atoms with Gasteiger partial charge >= 0.3 is 0 Å². The van der Waals surface area contributed by atoms with Gasteiger partial charge in [0.2, 0.25) is 5.95 Å². The summed E-state index contributed by atoms with van der Waals surface area (Å²) in [7, 11) is -1.52. The average Bonchev–Trinajstić information content (AvgIpc) is 3.11. The minimum absolute atomic E-state index is 0.0284. The molecule has 1 aromatic carbocycles. The van der Waals surface area contributed by atoms with Gasteiger partial charge in [-0.15, -0.1) is 0 Å². The Hall–Kier alpha value is -2.03. The monoisotopic (exact) mass is 388 g/mol. The Kier molecular flexibility index (Phi) is 5.12. The molecule has 2 aliphatic heterocycles. The van der Waals surface area contributed by atoms with Crippen LogP contribution in [0.2, 0.25) is 0 Å². The maximum absolute atomic E-state index is 12.7. The summed E-state index contributed by atoms with van der Waals surface area (Å²) in [5.41, 5.74) is 2.75. The van der Waals surface area contributed by atoms with Crippen molar-refractivity contribution in [2.45, 2.75) is 23.5 Å². The Balaban J connectivity index is 1.56. The summed E-state index contributed by atoms with van der Waals surface area (Å²) in [5, 5.41) is 2.86. The van der Waals surface area contributed by atoms with Crippen molar-refractivity contribution in [3.05, 3.63) is 53.3 Å². The van der Waals surface area contributed by atoms with E-state index in [9.17, 15) is 8.42 Å². The van der Waals surface area contributed by atoms with Crippen molar-refractivity contribution in [2.24, 2.45) is 0 Å². The molecule has 0 amide bonds. The summed E-state index contributed by atoms with van der Waals surface area (Å²) in [5.74, 6) is 0.475. The van der Waals surface area contributed by atoms with Crippen molar-refractivity contribution >= 4 is 15.8 Å². The van der Waals surface area contributed by atoms with Gasteiger partial charge in [-0.25, -0.2) is 18.4 Å². The van der Waals surface area contributed by atoms with Crippen LogP contribution < -0.4 is 5.32 Å². The van der Waals surface area contributed by atoms with Crippen molar-refractivity contribution in [3.63, 3.8) is 0 Å². The fraction of sp³-hybridized carbons (Fsp3) is 0.474. The maximum Gasteiger partial charge on any atom is 0.223 e. The number of nitrogens with one attached hydrogen (secondary N) is 1. The number of benzene rings is 1. The highest BCUT2D eigenvalue weighted by atomic mass is 32.2. The van der Waals surface area contributed by atoms with Crippen LogP contribution in [0.5, 0.6) is 0 Å². The lowest BCUT2D eigenvalue weighted by Gasteiger charge is -2.26. The van der Waals surface area contributed by atoms with Gasteiger partial charge in [0.1, 0.15) is 0 Å². The first-order valence-electron chi connectivity index (χ1n) is 9.13. The summed E-state index contributed by atoms with van der Waals surface area (Å²) in [6, 6.07) is 10.0. The molecule has 1 fully saturated rings. The second kappa shape index (κ2) is 7.53. The van der Waals surface area contributed by atoms with Crippen LogP contribution in [-0.2, 0) is 26.9 Å². The number of nitrogens with zero attached hydrogens (tertiary/aromatic N) is 3. The highest BCUT2D eigenvalue weighted by Crippen LogP contribution is 2.39. The van der Waals surface area contributed by atoms with Gasteiger partial charge in [-0.3, -0.25) is 4.90 Å². The molecule has 0 bridgehead atoms. The Morgan fingerprint density at radius 3 is 2.85 bits per heavy atom. The van der Waals surface area contributed by atoms with E-state index in [1.54, 1.807) is 13.3 Å². The minimum atomic E-state index is -3.18. The Morgan fingerprint density at radius 1 is 1.26 bits per heavy atom. The van der Waals surface area contributed by atoms with E-state index in [1.165, 1.54) is 0 Å². The Morgan fingerprint density at radius 2 is 2.07 bits per heavy atom. The highest BCUT2D eigenvalue weighted by Gasteiger charge is 2.47. The van der Waals surface area contributed by atoms with E-state index in [0.29, 0.717) is 32.2 Å². The van der Waals surface area contributed by atoms with E-state index < -0.39 is 15.1 Å². The van der Waals surface area contributed by atoms with Crippen LogP contribution in [0.3, 0.4) is 0 Å². The molecule has 0 radical (unpaired) electrons. The van der Waals surface area contributed by atoms with Crippen molar-refractivity contribution in [2.75, 3.05) is 38.7 Å². The Labute approximate surface area is 159 Å². The second-order valence-corrected chi connectivity index (χ2v) is 9.37. The van der Waals surface area contributed by atoms with Crippen LogP contribution in [0.4, 0.5) is 5.95 Å². The third-order valence-electron chi connectivity index (χ3n) is 5.31. The van der Waals surface area contributed by atoms with Crippen molar-refractivity contribution in [3.8, 4) is 0 Å². The number of aromatic nitrogens is 2. The number of fused-ring (bicyclic) bond motifs is 3. The maximum atomic E-state index is 12.7. The van der Waals surface area contributed by atoms with E-state index in [4.69, 9.17) is 9.72 Å². The molecule has 2 atom stereocenters. The van der Waals surface area contributed by atoms with Gasteiger partial charge in [-0.1, -0.05) is 30.3 Å². The van der Waals surface area contributed by atoms with Crippen LogP contribution in [-0.4, -0.2) is 61.9 Å². The van der Waals surface area contributed by atoms with Crippen LogP contribution in [0.15, 0.2) is 36.5 Å². The highest BCUT2D eigenvalue weighted by molar-refractivity contribution is 7.91. The zero-order valence-corrected chi connectivity index (χ0v) is 16.2. The van der Waals surface area contributed by atoms with E-state index in [1.807, 2.05) is 30.3 Å². The first-order valence-corrected chi connectivity index (χ1v) is 10.8. The molecule has 27 heavy (non-hydrogen) atoms. The molecule has 8 heteroatoms. The topological polar surface area (TPSA) is 84.4 Å². The molecule has 144 valence electrons. The summed E-state index contributed by atoms with van der Waals surface area (Å²) < 4.78 is 30.6. The van der Waals surface area contributed by atoms with Gasteiger partial charge in [-0.2, -0.15) is 0 Å². The van der Waals surface area contributed by atoms with Crippen molar-refractivity contribution < 1.29 is 13.2 Å². The Bertz CT molecular complexity index is 904. The molecule has 2 aliphatic rings. The largest absolute Gasteiger partial charge is 0.383 e. The van der Waals surface area contributed by atoms with E-state index in [2.05, 4.69) is 15.2 Å². The number of hydrogen-bond acceptors (Lipinski definition) is 7. The van der Waals surface area contributed by atoms with Crippen LogP contribution in [0, 0.1) is 0 Å². The first kappa shape index (κ1) is 18.3. The minimum Gasteiger partial charge on any atom is -0.383 e.